The van der Waals surface area contributed by atoms with Gasteiger partial charge in [-0.15, -0.1) is 0 Å². The van der Waals surface area contributed by atoms with E-state index in [-0.39, 0.29) is 12.5 Å². The van der Waals surface area contributed by atoms with E-state index in [4.69, 9.17) is 9.84 Å². The third-order valence-corrected chi connectivity index (χ3v) is 7.84. The fourth-order valence-electron chi connectivity index (χ4n) is 5.50. The zero-order valence-corrected chi connectivity index (χ0v) is 25.3. The van der Waals surface area contributed by atoms with Gasteiger partial charge < -0.3 is 19.6 Å². The first-order chi connectivity index (χ1) is 20.6. The average molecular weight is 602 g/mol. The summed E-state index contributed by atoms with van der Waals surface area (Å²) in [5, 5.41) is 7.00. The Hall–Kier alpha value is -3.57. The molecule has 8 nitrogen and oxygen atoms in total. The molecule has 43 heavy (non-hydrogen) atoms. The number of rotatable bonds is 3. The molecule has 1 N–H and O–H groups in total. The molecule has 0 bridgehead atoms. The number of hydrogen-bond donors (Lipinski definition) is 1. The van der Waals surface area contributed by atoms with Crippen LogP contribution in [0.2, 0.25) is 0 Å². The fourth-order valence-corrected chi connectivity index (χ4v) is 5.50. The number of aromatic nitrogens is 3. The van der Waals surface area contributed by atoms with Crippen molar-refractivity contribution in [1.29, 1.82) is 0 Å². The first kappa shape index (κ1) is 33.9. The Kier molecular flexibility index (Phi) is 12.4. The van der Waals surface area contributed by atoms with Crippen LogP contribution < -0.4 is 9.64 Å². The molecule has 1 aromatic carbocycles. The van der Waals surface area contributed by atoms with E-state index in [1.54, 1.807) is 12.4 Å². The quantitative estimate of drug-likeness (QED) is 0.374. The largest absolute Gasteiger partial charge is 0.485 e. The number of aldehydes is 1. The second-order valence-corrected chi connectivity index (χ2v) is 11.0. The summed E-state index contributed by atoms with van der Waals surface area (Å²) >= 11 is 0. The van der Waals surface area contributed by atoms with Gasteiger partial charge in [-0.05, 0) is 51.0 Å². The van der Waals surface area contributed by atoms with E-state index in [1.165, 1.54) is 31.5 Å². The molecule has 1 unspecified atom stereocenters. The van der Waals surface area contributed by atoms with Crippen LogP contribution in [0.1, 0.15) is 55.5 Å². The van der Waals surface area contributed by atoms with Crippen LogP contribution in [0.15, 0.2) is 55.1 Å². The highest BCUT2D eigenvalue weighted by Gasteiger charge is 2.45. The molecule has 6 rings (SSSR count). The minimum atomic E-state index is -4.00. The molecule has 3 aliphatic rings. The van der Waals surface area contributed by atoms with Gasteiger partial charge in [0.05, 0.1) is 18.1 Å². The van der Waals surface area contributed by atoms with Gasteiger partial charge in [-0.1, -0.05) is 31.2 Å². The molecule has 2 aromatic heterocycles. The average Bonchev–Trinajstić information content (AvgIpc) is 3.50. The summed E-state index contributed by atoms with van der Waals surface area (Å²) in [5.74, 6) is 2.25. The van der Waals surface area contributed by atoms with Gasteiger partial charge in [0.2, 0.25) is 0 Å². The fraction of sp³-hybridized carbons (Fsp3) is 0.500. The monoisotopic (exact) mass is 601 g/mol. The number of nitrogens with zero attached hydrogens (tertiary/aromatic N) is 5. The van der Waals surface area contributed by atoms with E-state index >= 15 is 0 Å². The Morgan fingerprint density at radius 3 is 2.14 bits per heavy atom. The molecule has 2 saturated heterocycles. The normalized spacial score (nSPS) is 18.9. The van der Waals surface area contributed by atoms with Crippen LogP contribution in [0.25, 0.3) is 11.3 Å². The van der Waals surface area contributed by atoms with E-state index in [0.717, 1.165) is 68.6 Å². The van der Waals surface area contributed by atoms with Crippen LogP contribution in [0.3, 0.4) is 0 Å². The molecule has 2 fully saturated rings. The first-order valence-electron chi connectivity index (χ1n) is 14.5. The van der Waals surface area contributed by atoms with Crippen molar-refractivity contribution in [2.24, 2.45) is 5.92 Å². The van der Waals surface area contributed by atoms with Gasteiger partial charge in [0.1, 0.15) is 23.5 Å². The molecule has 11 heteroatoms. The molecule has 1 atom stereocenters. The molecule has 0 saturated carbocycles. The van der Waals surface area contributed by atoms with E-state index in [0.29, 0.717) is 11.5 Å². The summed E-state index contributed by atoms with van der Waals surface area (Å²) in [6.45, 7) is 6.94. The molecule has 3 aliphatic heterocycles. The van der Waals surface area contributed by atoms with Crippen LogP contribution in [-0.2, 0) is 6.42 Å². The Balaban J connectivity index is 0.000000327. The van der Waals surface area contributed by atoms with Crippen LogP contribution in [-0.4, -0.2) is 83.4 Å². The zero-order chi connectivity index (χ0) is 31.5. The van der Waals surface area contributed by atoms with Crippen LogP contribution >= 0.6 is 0 Å². The summed E-state index contributed by atoms with van der Waals surface area (Å²) in [5.41, 5.74) is 3.64. The summed E-state index contributed by atoms with van der Waals surface area (Å²) in [6, 6.07) is 9.65. The number of ether oxygens (including phenoxy) is 1. The van der Waals surface area contributed by atoms with Crippen LogP contribution in [0, 0.1) is 5.92 Å². The Morgan fingerprint density at radius 1 is 1.00 bits per heavy atom. The number of likely N-dealkylation sites (tertiary alicyclic amines) is 1. The van der Waals surface area contributed by atoms with Crippen molar-refractivity contribution in [1.82, 2.24) is 19.9 Å². The number of fused-ring (bicyclic) bond motifs is 1. The number of pyridine rings is 1. The lowest BCUT2D eigenvalue weighted by Gasteiger charge is -2.48. The van der Waals surface area contributed by atoms with E-state index in [1.807, 2.05) is 36.7 Å². The van der Waals surface area contributed by atoms with Crippen molar-refractivity contribution in [3.63, 3.8) is 0 Å². The number of piperidine rings is 1. The number of anilines is 1. The highest BCUT2D eigenvalue weighted by Crippen LogP contribution is 2.43. The smallest absolute Gasteiger partial charge is 0.386 e. The maximum Gasteiger partial charge on any atom is 0.386 e. The standard InChI is InChI=1S/C24H24N4O2.C5H11N.C2H3F3.CH4O/c1-17-12-20-13-21(19-4-2-18(16-29)3-5-19)27-14-22(20)30-24(17)6-10-28(11-7-24)23-15-25-8-9-26-23;1-6-4-2-3-5-6;1-2(3,4)5;1-2/h2-5,8-9,13-17H,6-7,10-12H2,1H3;2-5H2,1H3;1H3;2H,1H3. The van der Waals surface area contributed by atoms with Crippen molar-refractivity contribution in [3.05, 3.63) is 66.2 Å². The number of aliphatic hydroxyl groups excluding tert-OH is 1. The molecular formula is C32H42F3N5O3. The van der Waals surface area contributed by atoms with Crippen molar-refractivity contribution >= 4 is 12.1 Å². The lowest BCUT2D eigenvalue weighted by molar-refractivity contribution is -0.110. The number of carbonyl (C=O) groups is 1. The van der Waals surface area contributed by atoms with E-state index in [9.17, 15) is 18.0 Å². The summed E-state index contributed by atoms with van der Waals surface area (Å²) in [4.78, 5) is 28.8. The minimum absolute atomic E-state index is 0.152. The number of halogens is 3. The molecule has 234 valence electrons. The number of benzene rings is 1. The van der Waals surface area contributed by atoms with Crippen molar-refractivity contribution in [3.8, 4) is 17.0 Å². The Labute approximate surface area is 251 Å². The minimum Gasteiger partial charge on any atom is -0.485 e. The number of hydrogen-bond acceptors (Lipinski definition) is 8. The van der Waals surface area contributed by atoms with E-state index in [2.05, 4.69) is 44.8 Å². The Bertz CT molecular complexity index is 1260. The van der Waals surface area contributed by atoms with Crippen molar-refractivity contribution in [2.75, 3.05) is 45.2 Å². The lowest BCUT2D eigenvalue weighted by atomic mass is 9.75. The zero-order valence-electron chi connectivity index (χ0n) is 25.3. The SMILES string of the molecule is CC(F)(F)F.CC1Cc2cc(-c3ccc(C=O)cc3)ncc2OC12CCN(c1cnccn1)CC2.CN1CCCC1.CO. The highest BCUT2D eigenvalue weighted by atomic mass is 19.4. The second-order valence-electron chi connectivity index (χ2n) is 11.0. The highest BCUT2D eigenvalue weighted by molar-refractivity contribution is 5.76. The van der Waals surface area contributed by atoms with Gasteiger partial charge >= 0.3 is 6.18 Å². The molecule has 0 amide bonds. The maximum atomic E-state index is 10.9. The van der Waals surface area contributed by atoms with Crippen molar-refractivity contribution < 1.29 is 27.8 Å². The predicted molar refractivity (Wildman–Crippen MR) is 161 cm³/mol. The first-order valence-corrected chi connectivity index (χ1v) is 14.5. The lowest BCUT2D eigenvalue weighted by Crippen LogP contribution is -2.54. The Morgan fingerprint density at radius 2 is 1.63 bits per heavy atom. The number of alkyl halides is 3. The predicted octanol–water partition coefficient (Wildman–Crippen LogP) is 5.85. The summed E-state index contributed by atoms with van der Waals surface area (Å²) in [7, 11) is 3.17. The van der Waals surface area contributed by atoms with Crippen LogP contribution in [0.5, 0.6) is 5.75 Å². The van der Waals surface area contributed by atoms with Gasteiger partial charge in [-0.2, -0.15) is 13.2 Å². The molecule has 5 heterocycles. The summed E-state index contributed by atoms with van der Waals surface area (Å²) in [6.07, 6.45) is 9.70. The molecule has 0 radical (unpaired) electrons. The molecule has 3 aromatic rings. The van der Waals surface area contributed by atoms with Gasteiger partial charge in [0.15, 0.2) is 0 Å². The molecule has 1 spiro atoms. The second kappa shape index (κ2) is 15.8. The van der Waals surface area contributed by atoms with E-state index < -0.39 is 6.18 Å². The third kappa shape index (κ3) is 10.00. The summed E-state index contributed by atoms with van der Waals surface area (Å²) < 4.78 is 37.7. The van der Waals surface area contributed by atoms with Crippen LogP contribution in [0.4, 0.5) is 19.0 Å². The number of aliphatic hydroxyl groups is 1. The third-order valence-electron chi connectivity index (χ3n) is 7.84. The maximum absolute atomic E-state index is 10.9. The topological polar surface area (TPSA) is 91.7 Å². The van der Waals surface area contributed by atoms with Gasteiger partial charge in [-0.25, -0.2) is 4.98 Å². The van der Waals surface area contributed by atoms with Gasteiger partial charge in [0.25, 0.3) is 0 Å². The molecular weight excluding hydrogens is 559 g/mol. The number of carbonyl (C=O) groups excluding carboxylic acids is 1. The molecule has 0 aliphatic carbocycles. The van der Waals surface area contributed by atoms with Crippen molar-refractivity contribution in [2.45, 2.75) is 57.7 Å². The van der Waals surface area contributed by atoms with Gasteiger partial charge in [-0.3, -0.25) is 14.8 Å². The van der Waals surface area contributed by atoms with Gasteiger partial charge in [0, 0.05) is 69.4 Å².